The Morgan fingerprint density at radius 2 is 1.85 bits per heavy atom. The van der Waals surface area contributed by atoms with Gasteiger partial charge in [0.05, 0.1) is 0 Å². The van der Waals surface area contributed by atoms with Crippen LogP contribution >= 0.6 is 0 Å². The zero-order valence-electron chi connectivity index (χ0n) is 7.78. The summed E-state index contributed by atoms with van der Waals surface area (Å²) in [7, 11) is 2.99. The van der Waals surface area contributed by atoms with Crippen LogP contribution in [0.1, 0.15) is 19.3 Å². The molecular formula is C8H14O5. The standard InChI is InChI=1S/C8H14O5/c1-12-7(13-2)5-3-4-6(9)8(10)11/h7H,3-5H2,1-2H3,(H,10,11). The monoisotopic (exact) mass is 190 g/mol. The normalized spacial score (nSPS) is 10.4. The minimum absolute atomic E-state index is 0.0263. The highest BCUT2D eigenvalue weighted by Crippen LogP contribution is 2.04. The van der Waals surface area contributed by atoms with Crippen molar-refractivity contribution in [2.75, 3.05) is 14.2 Å². The van der Waals surface area contributed by atoms with E-state index < -0.39 is 11.8 Å². The summed E-state index contributed by atoms with van der Waals surface area (Å²) in [5.74, 6) is -2.16. The van der Waals surface area contributed by atoms with Crippen LogP contribution in [0.4, 0.5) is 0 Å². The molecule has 0 aliphatic rings. The van der Waals surface area contributed by atoms with Gasteiger partial charge in [-0.3, -0.25) is 4.79 Å². The second-order valence-corrected chi connectivity index (χ2v) is 2.52. The molecule has 0 rings (SSSR count). The highest BCUT2D eigenvalue weighted by Gasteiger charge is 2.12. The average molecular weight is 190 g/mol. The number of hydrogen-bond donors (Lipinski definition) is 1. The van der Waals surface area contributed by atoms with Gasteiger partial charge in [0.25, 0.3) is 0 Å². The molecular weight excluding hydrogens is 176 g/mol. The molecule has 0 aromatic carbocycles. The lowest BCUT2D eigenvalue weighted by Crippen LogP contribution is -2.16. The minimum Gasteiger partial charge on any atom is -0.476 e. The van der Waals surface area contributed by atoms with Crippen molar-refractivity contribution in [2.24, 2.45) is 0 Å². The van der Waals surface area contributed by atoms with Gasteiger partial charge in [-0.05, 0) is 12.8 Å². The van der Waals surface area contributed by atoms with Crippen molar-refractivity contribution in [2.45, 2.75) is 25.6 Å². The lowest BCUT2D eigenvalue weighted by atomic mass is 10.2. The van der Waals surface area contributed by atoms with E-state index in [1.165, 1.54) is 14.2 Å². The molecule has 0 amide bonds. The molecule has 0 heterocycles. The van der Waals surface area contributed by atoms with Crippen molar-refractivity contribution in [1.29, 1.82) is 0 Å². The maximum absolute atomic E-state index is 10.6. The van der Waals surface area contributed by atoms with Crippen molar-refractivity contribution in [3.05, 3.63) is 0 Å². The molecule has 0 bridgehead atoms. The smallest absolute Gasteiger partial charge is 0.372 e. The first-order valence-corrected chi connectivity index (χ1v) is 3.93. The Labute approximate surface area is 76.6 Å². The van der Waals surface area contributed by atoms with Crippen molar-refractivity contribution in [1.82, 2.24) is 0 Å². The second kappa shape index (κ2) is 6.56. The Hall–Kier alpha value is -0.940. The summed E-state index contributed by atoms with van der Waals surface area (Å²) in [6.07, 6.45) is 0.642. The van der Waals surface area contributed by atoms with Gasteiger partial charge in [0.1, 0.15) is 0 Å². The highest BCUT2D eigenvalue weighted by molar-refractivity contribution is 6.32. The molecule has 0 aromatic rings. The molecule has 0 aromatic heterocycles. The number of carboxylic acids is 1. The van der Waals surface area contributed by atoms with Crippen LogP contribution in [0.3, 0.4) is 0 Å². The van der Waals surface area contributed by atoms with Crippen molar-refractivity contribution < 1.29 is 24.2 Å². The Balaban J connectivity index is 3.54. The van der Waals surface area contributed by atoms with Crippen LogP contribution in [0.5, 0.6) is 0 Å². The summed E-state index contributed by atoms with van der Waals surface area (Å²) in [4.78, 5) is 20.7. The maximum Gasteiger partial charge on any atom is 0.372 e. The molecule has 0 saturated heterocycles. The number of carboxylic acid groups (broad SMARTS) is 1. The molecule has 5 nitrogen and oxygen atoms in total. The number of hydrogen-bond acceptors (Lipinski definition) is 4. The highest BCUT2D eigenvalue weighted by atomic mass is 16.7. The van der Waals surface area contributed by atoms with E-state index in [9.17, 15) is 9.59 Å². The molecule has 1 N–H and O–H groups in total. The quantitative estimate of drug-likeness (QED) is 0.465. The van der Waals surface area contributed by atoms with Crippen LogP contribution in [-0.4, -0.2) is 37.4 Å². The van der Waals surface area contributed by atoms with Crippen LogP contribution in [0.15, 0.2) is 0 Å². The number of methoxy groups -OCH3 is 2. The Bertz CT molecular complexity index is 173. The van der Waals surface area contributed by atoms with Gasteiger partial charge in [-0.2, -0.15) is 0 Å². The van der Waals surface area contributed by atoms with E-state index in [1.807, 2.05) is 0 Å². The number of carbonyl (C=O) groups is 2. The summed E-state index contributed by atoms with van der Waals surface area (Å²) in [5, 5.41) is 8.25. The average Bonchev–Trinajstić information content (AvgIpc) is 2.12. The van der Waals surface area contributed by atoms with Crippen LogP contribution in [-0.2, 0) is 19.1 Å². The Morgan fingerprint density at radius 1 is 1.31 bits per heavy atom. The van der Waals surface area contributed by atoms with E-state index in [-0.39, 0.29) is 12.7 Å². The summed E-state index contributed by atoms with van der Waals surface area (Å²) in [6, 6.07) is 0. The third-order valence-electron chi connectivity index (χ3n) is 1.61. The Morgan fingerprint density at radius 3 is 2.23 bits per heavy atom. The number of carbonyl (C=O) groups excluding carboxylic acids is 1. The summed E-state index contributed by atoms with van der Waals surface area (Å²) >= 11 is 0. The van der Waals surface area contributed by atoms with Crippen LogP contribution in [0.25, 0.3) is 0 Å². The lowest BCUT2D eigenvalue weighted by Gasteiger charge is -2.11. The van der Waals surface area contributed by atoms with Crippen molar-refractivity contribution >= 4 is 11.8 Å². The number of Topliss-reactive ketones (excluding diaryl/α,β-unsaturated/α-hetero) is 1. The Kier molecular flexibility index (Phi) is 6.09. The number of ketones is 1. The first-order valence-electron chi connectivity index (χ1n) is 3.93. The zero-order valence-corrected chi connectivity index (χ0v) is 7.78. The summed E-state index contributed by atoms with van der Waals surface area (Å²) in [6.45, 7) is 0. The van der Waals surface area contributed by atoms with E-state index in [4.69, 9.17) is 14.6 Å². The van der Waals surface area contributed by atoms with Gasteiger partial charge in [0.2, 0.25) is 5.78 Å². The maximum atomic E-state index is 10.6. The molecule has 0 fully saturated rings. The van der Waals surface area contributed by atoms with E-state index in [0.29, 0.717) is 12.8 Å². The van der Waals surface area contributed by atoms with Gasteiger partial charge < -0.3 is 14.6 Å². The third kappa shape index (κ3) is 5.32. The first kappa shape index (κ1) is 12.1. The molecule has 0 aliphatic carbocycles. The molecule has 5 heteroatoms. The van der Waals surface area contributed by atoms with Gasteiger partial charge in [0.15, 0.2) is 6.29 Å². The second-order valence-electron chi connectivity index (χ2n) is 2.52. The van der Waals surface area contributed by atoms with Crippen molar-refractivity contribution in [3.63, 3.8) is 0 Å². The lowest BCUT2D eigenvalue weighted by molar-refractivity contribution is -0.149. The van der Waals surface area contributed by atoms with Crippen LogP contribution in [0.2, 0.25) is 0 Å². The summed E-state index contributed by atoms with van der Waals surface area (Å²) < 4.78 is 9.72. The number of rotatable bonds is 7. The fourth-order valence-corrected chi connectivity index (χ4v) is 0.868. The first-order chi connectivity index (χ1) is 6.11. The van der Waals surface area contributed by atoms with E-state index in [2.05, 4.69) is 0 Å². The zero-order chi connectivity index (χ0) is 10.3. The van der Waals surface area contributed by atoms with Crippen molar-refractivity contribution in [3.8, 4) is 0 Å². The predicted molar refractivity (Wildman–Crippen MR) is 44.3 cm³/mol. The van der Waals surface area contributed by atoms with E-state index >= 15 is 0 Å². The molecule has 0 aliphatic heterocycles. The van der Waals surface area contributed by atoms with Gasteiger partial charge in [-0.25, -0.2) is 4.79 Å². The molecule has 0 unspecified atom stereocenters. The molecule has 0 atom stereocenters. The van der Waals surface area contributed by atoms with Gasteiger partial charge in [-0.1, -0.05) is 0 Å². The topological polar surface area (TPSA) is 72.8 Å². The minimum atomic E-state index is -1.38. The number of ether oxygens (including phenoxy) is 2. The third-order valence-corrected chi connectivity index (χ3v) is 1.61. The molecule has 13 heavy (non-hydrogen) atoms. The SMILES string of the molecule is COC(CCCC(=O)C(=O)O)OC. The molecule has 76 valence electrons. The number of aliphatic carboxylic acids is 1. The molecule has 0 radical (unpaired) electrons. The van der Waals surface area contributed by atoms with E-state index in [1.54, 1.807) is 0 Å². The van der Waals surface area contributed by atoms with Gasteiger partial charge in [0, 0.05) is 20.6 Å². The molecule has 0 saturated carbocycles. The van der Waals surface area contributed by atoms with E-state index in [0.717, 1.165) is 0 Å². The fourth-order valence-electron chi connectivity index (χ4n) is 0.868. The largest absolute Gasteiger partial charge is 0.476 e. The van der Waals surface area contributed by atoms with Gasteiger partial charge >= 0.3 is 5.97 Å². The predicted octanol–water partition coefficient (Wildman–Crippen LogP) is 0.429. The molecule has 0 spiro atoms. The summed E-state index contributed by atoms with van der Waals surface area (Å²) in [5.41, 5.74) is 0. The van der Waals surface area contributed by atoms with Crippen LogP contribution in [0, 0.1) is 0 Å². The fraction of sp³-hybridized carbons (Fsp3) is 0.750. The van der Waals surface area contributed by atoms with Crippen LogP contribution < -0.4 is 0 Å². The van der Waals surface area contributed by atoms with Gasteiger partial charge in [-0.15, -0.1) is 0 Å².